The minimum absolute atomic E-state index is 0.118. The summed E-state index contributed by atoms with van der Waals surface area (Å²) < 4.78 is 42.8. The average molecular weight is 539 g/mol. The molecule has 11 heteroatoms. The van der Waals surface area contributed by atoms with Crippen molar-refractivity contribution < 1.29 is 22.7 Å². The predicted octanol–water partition coefficient (Wildman–Crippen LogP) is 5.21. The highest BCUT2D eigenvalue weighted by atomic mass is 35.5. The van der Waals surface area contributed by atoms with E-state index in [9.17, 15) is 22.7 Å². The molecule has 0 aliphatic carbocycles. The van der Waals surface area contributed by atoms with Crippen molar-refractivity contribution >= 4 is 39.0 Å². The number of hydrogen-bond donors (Lipinski definition) is 4. The largest absolute Gasteiger partial charge is 0.504 e. The maximum Gasteiger partial charge on any atom is 0.323 e. The Bertz CT molecular complexity index is 1230. The molecule has 2 aromatic rings. The van der Waals surface area contributed by atoms with Gasteiger partial charge in [0.15, 0.2) is 5.75 Å². The summed E-state index contributed by atoms with van der Waals surface area (Å²) >= 11 is 6.29. The molecule has 8 nitrogen and oxygen atoms in total. The number of piperidine rings is 1. The lowest BCUT2D eigenvalue weighted by atomic mass is 9.99. The topological polar surface area (TPSA) is 111 Å². The first-order valence-corrected chi connectivity index (χ1v) is 14.1. The van der Waals surface area contributed by atoms with Gasteiger partial charge in [-0.1, -0.05) is 31.0 Å². The van der Waals surface area contributed by atoms with Crippen LogP contribution in [0.15, 0.2) is 35.2 Å². The van der Waals surface area contributed by atoms with Gasteiger partial charge in [-0.15, -0.1) is 0 Å². The zero-order chi connectivity index (χ0) is 26.0. The van der Waals surface area contributed by atoms with Gasteiger partial charge in [0.25, 0.3) is 0 Å². The first kappa shape index (κ1) is 26.7. The number of halogens is 2. The number of benzene rings is 2. The van der Waals surface area contributed by atoms with Gasteiger partial charge in [0.1, 0.15) is 10.7 Å². The van der Waals surface area contributed by atoms with Crippen molar-refractivity contribution in [2.75, 3.05) is 17.2 Å². The Hall–Kier alpha value is -2.40. The first-order valence-electron chi connectivity index (χ1n) is 12.2. The van der Waals surface area contributed by atoms with Crippen molar-refractivity contribution in [1.29, 1.82) is 0 Å². The van der Waals surface area contributed by atoms with E-state index in [2.05, 4.69) is 22.9 Å². The molecule has 2 aromatic carbocycles. The van der Waals surface area contributed by atoms with Crippen LogP contribution in [-0.4, -0.2) is 48.5 Å². The van der Waals surface area contributed by atoms with Crippen LogP contribution in [0.25, 0.3) is 0 Å². The van der Waals surface area contributed by atoms with Gasteiger partial charge >= 0.3 is 6.03 Å². The van der Waals surface area contributed by atoms with Crippen LogP contribution < -0.4 is 16.0 Å². The molecule has 0 aromatic heterocycles. The molecule has 0 radical (unpaired) electrons. The van der Waals surface area contributed by atoms with E-state index in [4.69, 9.17) is 11.6 Å². The second-order valence-electron chi connectivity index (χ2n) is 9.46. The van der Waals surface area contributed by atoms with E-state index in [1.807, 2.05) is 0 Å². The van der Waals surface area contributed by atoms with E-state index in [0.717, 1.165) is 32.2 Å². The number of hydrogen-bond acceptors (Lipinski definition) is 5. The van der Waals surface area contributed by atoms with Crippen molar-refractivity contribution in [2.24, 2.45) is 0 Å². The van der Waals surface area contributed by atoms with Gasteiger partial charge in [-0.3, -0.25) is 0 Å². The molecule has 196 valence electrons. The van der Waals surface area contributed by atoms with Crippen molar-refractivity contribution in [1.82, 2.24) is 9.62 Å². The molecule has 2 bridgehead atoms. The highest BCUT2D eigenvalue weighted by molar-refractivity contribution is 7.89. The summed E-state index contributed by atoms with van der Waals surface area (Å²) in [5.41, 5.74) is 0.382. The van der Waals surface area contributed by atoms with Gasteiger partial charge in [0.05, 0.1) is 10.7 Å². The Morgan fingerprint density at radius 2 is 1.81 bits per heavy atom. The van der Waals surface area contributed by atoms with Crippen molar-refractivity contribution in [3.05, 3.63) is 46.7 Å². The molecule has 1 unspecified atom stereocenters. The third-order valence-electron chi connectivity index (χ3n) is 7.01. The van der Waals surface area contributed by atoms with E-state index in [1.54, 1.807) is 0 Å². The third kappa shape index (κ3) is 5.32. The SMILES string of the molecule is CCCCNC1C[C@H]2CC[C@@H](C1)N2S(=O)(=O)c1c(Cl)ccc(NC(=O)Nc2cccc(F)c2C)c1O. The number of aromatic hydroxyl groups is 1. The molecule has 2 heterocycles. The zero-order valence-electron chi connectivity index (χ0n) is 20.4. The van der Waals surface area contributed by atoms with Crippen LogP contribution in [0.2, 0.25) is 5.02 Å². The smallest absolute Gasteiger partial charge is 0.323 e. The molecule has 2 aliphatic rings. The molecule has 36 heavy (non-hydrogen) atoms. The van der Waals surface area contributed by atoms with Crippen molar-refractivity contribution in [2.45, 2.75) is 75.4 Å². The summed E-state index contributed by atoms with van der Waals surface area (Å²) in [7, 11) is -4.14. The number of amides is 2. The third-order valence-corrected chi connectivity index (χ3v) is 9.52. The number of phenols is 1. The van der Waals surface area contributed by atoms with Gasteiger partial charge < -0.3 is 21.1 Å². The van der Waals surface area contributed by atoms with Crippen LogP contribution in [0.4, 0.5) is 20.6 Å². The van der Waals surface area contributed by atoms with E-state index in [0.29, 0.717) is 12.8 Å². The van der Waals surface area contributed by atoms with Gasteiger partial charge in [0.2, 0.25) is 10.0 Å². The maximum atomic E-state index is 13.8. The minimum Gasteiger partial charge on any atom is -0.504 e. The highest BCUT2D eigenvalue weighted by Crippen LogP contribution is 2.45. The highest BCUT2D eigenvalue weighted by Gasteiger charge is 2.48. The van der Waals surface area contributed by atoms with E-state index in [1.165, 1.54) is 41.6 Å². The molecule has 2 aliphatic heterocycles. The molecule has 2 saturated heterocycles. The summed E-state index contributed by atoms with van der Waals surface area (Å²) in [4.78, 5) is 12.1. The normalized spacial score (nSPS) is 21.9. The summed E-state index contributed by atoms with van der Waals surface area (Å²) in [5.74, 6) is -1.11. The van der Waals surface area contributed by atoms with Gasteiger partial charge in [0, 0.05) is 29.4 Å². The molecule has 3 atom stereocenters. The van der Waals surface area contributed by atoms with Crippen LogP contribution in [0.1, 0.15) is 51.0 Å². The number of phenolic OH excluding ortho intramolecular Hbond substituents is 1. The number of rotatable bonds is 8. The summed E-state index contributed by atoms with van der Waals surface area (Å²) in [5, 5.41) is 19.3. The number of carbonyl (C=O) groups excluding carboxylic acids is 1. The van der Waals surface area contributed by atoms with E-state index < -0.39 is 32.5 Å². The molecule has 4 rings (SSSR count). The number of carbonyl (C=O) groups is 1. The molecule has 0 saturated carbocycles. The average Bonchev–Trinajstić information content (AvgIpc) is 3.11. The van der Waals surface area contributed by atoms with Crippen LogP contribution in [0, 0.1) is 12.7 Å². The van der Waals surface area contributed by atoms with Crippen molar-refractivity contribution in [3.8, 4) is 5.75 Å². The standard InChI is InChI=1S/C25H32ClFN4O4S/c1-3-4-12-28-16-13-17-8-9-18(14-16)31(17)36(34,35)24-19(26)10-11-22(23(24)32)30-25(33)29-21-7-5-6-20(27)15(21)2/h5-7,10-11,16-18,28,32H,3-4,8-9,12-14H2,1-2H3,(H2,29,30,33)/t16?,17-,18+. The van der Waals surface area contributed by atoms with E-state index >= 15 is 0 Å². The van der Waals surface area contributed by atoms with E-state index in [-0.39, 0.29) is 40.1 Å². The number of unbranched alkanes of at least 4 members (excludes halogenated alkanes) is 1. The Morgan fingerprint density at radius 1 is 1.14 bits per heavy atom. The number of fused-ring (bicyclic) bond motifs is 2. The Morgan fingerprint density at radius 3 is 2.47 bits per heavy atom. The summed E-state index contributed by atoms with van der Waals surface area (Å²) in [6.07, 6.45) is 5.07. The number of urea groups is 1. The van der Waals surface area contributed by atoms with Crippen LogP contribution >= 0.6 is 11.6 Å². The number of nitrogens with zero attached hydrogens (tertiary/aromatic N) is 1. The minimum atomic E-state index is -4.14. The monoisotopic (exact) mass is 538 g/mol. The second kappa shape index (κ2) is 10.9. The fourth-order valence-electron chi connectivity index (χ4n) is 5.19. The van der Waals surface area contributed by atoms with Crippen molar-refractivity contribution in [3.63, 3.8) is 0 Å². The first-order chi connectivity index (χ1) is 17.1. The van der Waals surface area contributed by atoms with Gasteiger partial charge in [-0.2, -0.15) is 4.31 Å². The quantitative estimate of drug-likeness (QED) is 0.272. The maximum absolute atomic E-state index is 13.8. The van der Waals surface area contributed by atoms with Gasteiger partial charge in [-0.25, -0.2) is 17.6 Å². The lowest BCUT2D eigenvalue weighted by Gasteiger charge is -2.38. The lowest BCUT2D eigenvalue weighted by molar-refractivity contribution is 0.206. The van der Waals surface area contributed by atoms with Crippen LogP contribution in [0.3, 0.4) is 0 Å². The number of anilines is 2. The molecule has 4 N–H and O–H groups in total. The molecule has 2 fully saturated rings. The molecular weight excluding hydrogens is 507 g/mol. The number of nitrogens with one attached hydrogen (secondary N) is 3. The fourth-order valence-corrected chi connectivity index (χ4v) is 7.69. The summed E-state index contributed by atoms with van der Waals surface area (Å²) in [6.45, 7) is 4.56. The zero-order valence-corrected chi connectivity index (χ0v) is 21.9. The van der Waals surface area contributed by atoms with Crippen LogP contribution in [-0.2, 0) is 10.0 Å². The van der Waals surface area contributed by atoms with Gasteiger partial charge in [-0.05, 0) is 69.8 Å². The predicted molar refractivity (Wildman–Crippen MR) is 139 cm³/mol. The molecule has 0 spiro atoms. The molecular formula is C25H32ClFN4O4S. The van der Waals surface area contributed by atoms with Crippen LogP contribution in [0.5, 0.6) is 5.75 Å². The molecule has 2 amide bonds. The second-order valence-corrected chi connectivity index (χ2v) is 11.6. The Kier molecular flexibility index (Phi) is 8.09. The Labute approximate surface area is 216 Å². The lowest BCUT2D eigenvalue weighted by Crippen LogP contribution is -2.51. The fraction of sp³-hybridized carbons (Fsp3) is 0.480. The summed E-state index contributed by atoms with van der Waals surface area (Å²) in [6, 6.07) is 6.06. The Balaban J connectivity index is 1.54. The number of sulfonamides is 1.